The standard InChI is InChI=1S/C15H16Cl3NO2/c16-15(17,18)8-21-14(20)19-13-11-5-1-3-9(11)7-10-4-2-6-12(10)13/h7H,1-6,8H2,(H,19,20). The van der Waals surface area contributed by atoms with E-state index in [1.54, 1.807) is 0 Å². The van der Waals surface area contributed by atoms with Gasteiger partial charge in [0, 0.05) is 0 Å². The first kappa shape index (κ1) is 15.3. The van der Waals surface area contributed by atoms with Crippen LogP contribution in [0.5, 0.6) is 0 Å². The molecule has 0 aromatic heterocycles. The van der Waals surface area contributed by atoms with Crippen LogP contribution < -0.4 is 5.32 Å². The van der Waals surface area contributed by atoms with Crippen LogP contribution >= 0.6 is 34.8 Å². The van der Waals surface area contributed by atoms with Gasteiger partial charge in [0.2, 0.25) is 3.79 Å². The lowest BCUT2D eigenvalue weighted by atomic mass is 9.99. The van der Waals surface area contributed by atoms with E-state index in [1.807, 2.05) is 0 Å². The fourth-order valence-corrected chi connectivity index (χ4v) is 3.42. The van der Waals surface area contributed by atoms with Crippen molar-refractivity contribution in [3.63, 3.8) is 0 Å². The molecule has 114 valence electrons. The Morgan fingerprint density at radius 3 is 2.19 bits per heavy atom. The largest absolute Gasteiger partial charge is 0.445 e. The quantitative estimate of drug-likeness (QED) is 0.794. The molecule has 0 unspecified atom stereocenters. The molecule has 1 N–H and O–H groups in total. The lowest BCUT2D eigenvalue weighted by Crippen LogP contribution is -2.22. The van der Waals surface area contributed by atoms with Crippen LogP contribution in [0.3, 0.4) is 0 Å². The Balaban J connectivity index is 1.81. The Labute approximate surface area is 138 Å². The third-order valence-corrected chi connectivity index (χ3v) is 4.39. The molecule has 0 radical (unpaired) electrons. The van der Waals surface area contributed by atoms with Crippen molar-refractivity contribution < 1.29 is 9.53 Å². The molecule has 0 aliphatic heterocycles. The molecule has 21 heavy (non-hydrogen) atoms. The van der Waals surface area contributed by atoms with Gasteiger partial charge in [-0.3, -0.25) is 5.32 Å². The zero-order chi connectivity index (χ0) is 15.0. The van der Waals surface area contributed by atoms with E-state index < -0.39 is 9.89 Å². The average molecular weight is 349 g/mol. The van der Waals surface area contributed by atoms with Gasteiger partial charge >= 0.3 is 6.09 Å². The molecule has 2 aliphatic carbocycles. The van der Waals surface area contributed by atoms with Crippen LogP contribution in [0.4, 0.5) is 10.5 Å². The van der Waals surface area contributed by atoms with Crippen molar-refractivity contribution in [1.29, 1.82) is 0 Å². The minimum absolute atomic E-state index is 0.263. The smallest absolute Gasteiger partial charge is 0.411 e. The van der Waals surface area contributed by atoms with Gasteiger partial charge in [0.25, 0.3) is 0 Å². The van der Waals surface area contributed by atoms with Crippen molar-refractivity contribution in [2.45, 2.75) is 42.3 Å². The van der Waals surface area contributed by atoms with Crippen LogP contribution in [0.1, 0.15) is 35.1 Å². The highest BCUT2D eigenvalue weighted by Gasteiger charge is 2.26. The predicted molar refractivity (Wildman–Crippen MR) is 85.8 cm³/mol. The summed E-state index contributed by atoms with van der Waals surface area (Å²) in [6.07, 6.45) is 5.88. The minimum Gasteiger partial charge on any atom is -0.445 e. The van der Waals surface area contributed by atoms with E-state index in [4.69, 9.17) is 39.5 Å². The van der Waals surface area contributed by atoms with Crippen LogP contribution in [0.2, 0.25) is 0 Å². The van der Waals surface area contributed by atoms with Gasteiger partial charge in [0.15, 0.2) is 0 Å². The Bertz CT molecular complexity index is 549. The van der Waals surface area contributed by atoms with Crippen molar-refractivity contribution in [3.8, 4) is 0 Å². The molecule has 1 aromatic carbocycles. The van der Waals surface area contributed by atoms with E-state index in [0.29, 0.717) is 0 Å². The summed E-state index contributed by atoms with van der Waals surface area (Å²) in [6, 6.07) is 2.31. The molecule has 0 heterocycles. The molecule has 0 saturated heterocycles. The van der Waals surface area contributed by atoms with Gasteiger partial charge in [-0.15, -0.1) is 0 Å². The number of aryl methyl sites for hydroxylation is 2. The zero-order valence-electron chi connectivity index (χ0n) is 11.5. The molecule has 0 atom stereocenters. The van der Waals surface area contributed by atoms with Crippen LogP contribution in [0.15, 0.2) is 6.07 Å². The lowest BCUT2D eigenvalue weighted by molar-refractivity contribution is 0.164. The van der Waals surface area contributed by atoms with Gasteiger partial charge in [-0.1, -0.05) is 40.9 Å². The molecule has 1 aromatic rings. The summed E-state index contributed by atoms with van der Waals surface area (Å²) in [6.45, 7) is -0.263. The van der Waals surface area contributed by atoms with E-state index in [2.05, 4.69) is 11.4 Å². The summed E-state index contributed by atoms with van der Waals surface area (Å²) in [4.78, 5) is 11.9. The van der Waals surface area contributed by atoms with Gasteiger partial charge in [-0.2, -0.15) is 0 Å². The summed E-state index contributed by atoms with van der Waals surface area (Å²) >= 11 is 16.8. The maximum absolute atomic E-state index is 11.9. The number of benzene rings is 1. The first-order valence-electron chi connectivity index (χ1n) is 7.11. The molecule has 0 fully saturated rings. The maximum atomic E-state index is 11.9. The number of hydrogen-bond acceptors (Lipinski definition) is 2. The van der Waals surface area contributed by atoms with Gasteiger partial charge in [-0.25, -0.2) is 4.79 Å². The first-order valence-corrected chi connectivity index (χ1v) is 8.24. The van der Waals surface area contributed by atoms with Crippen LogP contribution in [0.25, 0.3) is 0 Å². The highest BCUT2D eigenvalue weighted by molar-refractivity contribution is 6.67. The maximum Gasteiger partial charge on any atom is 0.411 e. The fraction of sp³-hybridized carbons (Fsp3) is 0.533. The number of amides is 1. The Morgan fingerprint density at radius 2 is 1.67 bits per heavy atom. The molecule has 3 rings (SSSR count). The van der Waals surface area contributed by atoms with Crippen LogP contribution in [-0.2, 0) is 30.4 Å². The lowest BCUT2D eigenvalue weighted by Gasteiger charge is -2.17. The summed E-state index contributed by atoms with van der Waals surface area (Å²) in [5.74, 6) is 0. The van der Waals surface area contributed by atoms with Crippen LogP contribution in [0, 0.1) is 0 Å². The number of anilines is 1. The molecule has 0 spiro atoms. The molecule has 0 saturated carbocycles. The van der Waals surface area contributed by atoms with Crippen LogP contribution in [-0.4, -0.2) is 16.5 Å². The number of carbonyl (C=O) groups excluding carboxylic acids is 1. The monoisotopic (exact) mass is 347 g/mol. The normalized spacial score (nSPS) is 16.5. The molecule has 2 aliphatic rings. The van der Waals surface area contributed by atoms with Gasteiger partial charge in [0.1, 0.15) is 6.61 Å². The minimum atomic E-state index is -1.59. The molecule has 0 bridgehead atoms. The molecule has 6 heteroatoms. The summed E-state index contributed by atoms with van der Waals surface area (Å²) < 4.78 is 3.40. The van der Waals surface area contributed by atoms with Gasteiger partial charge in [-0.05, 0) is 60.8 Å². The third kappa shape index (κ3) is 3.41. The predicted octanol–water partition coefficient (Wildman–Crippen LogP) is 4.58. The van der Waals surface area contributed by atoms with E-state index in [1.165, 1.54) is 22.3 Å². The van der Waals surface area contributed by atoms with E-state index >= 15 is 0 Å². The Kier molecular flexibility index (Phi) is 4.26. The molecular weight excluding hydrogens is 333 g/mol. The second kappa shape index (κ2) is 5.86. The van der Waals surface area contributed by atoms with Crippen molar-refractivity contribution in [2.24, 2.45) is 0 Å². The summed E-state index contributed by atoms with van der Waals surface area (Å²) in [5.41, 5.74) is 6.15. The Morgan fingerprint density at radius 1 is 1.10 bits per heavy atom. The SMILES string of the molecule is O=C(Nc1c2c(cc3c1CCC3)CCC2)OCC(Cl)(Cl)Cl. The second-order valence-electron chi connectivity index (χ2n) is 5.55. The third-order valence-electron chi connectivity index (χ3n) is 4.07. The number of nitrogens with one attached hydrogen (secondary N) is 1. The van der Waals surface area contributed by atoms with E-state index in [-0.39, 0.29) is 6.61 Å². The molecular formula is C15H16Cl3NO2. The van der Waals surface area contributed by atoms with Crippen molar-refractivity contribution >= 4 is 46.6 Å². The highest BCUT2D eigenvalue weighted by Crippen LogP contribution is 2.38. The van der Waals surface area contributed by atoms with Crippen molar-refractivity contribution in [2.75, 3.05) is 11.9 Å². The second-order valence-corrected chi connectivity index (χ2v) is 8.07. The number of rotatable bonds is 2. The first-order chi connectivity index (χ1) is 9.94. The van der Waals surface area contributed by atoms with Gasteiger partial charge in [0.05, 0.1) is 5.69 Å². The summed E-state index contributed by atoms with van der Waals surface area (Å²) in [5, 5.41) is 2.88. The summed E-state index contributed by atoms with van der Waals surface area (Å²) in [7, 11) is 0. The highest BCUT2D eigenvalue weighted by atomic mass is 35.6. The number of carbonyl (C=O) groups is 1. The zero-order valence-corrected chi connectivity index (χ0v) is 13.7. The van der Waals surface area contributed by atoms with Crippen molar-refractivity contribution in [3.05, 3.63) is 28.3 Å². The average Bonchev–Trinajstić information content (AvgIpc) is 3.03. The molecule has 1 amide bonds. The van der Waals surface area contributed by atoms with Crippen molar-refractivity contribution in [1.82, 2.24) is 0 Å². The molecule has 3 nitrogen and oxygen atoms in total. The Hall–Kier alpha value is -0.640. The number of ether oxygens (including phenoxy) is 1. The fourth-order valence-electron chi connectivity index (χ4n) is 3.25. The topological polar surface area (TPSA) is 38.3 Å². The van der Waals surface area contributed by atoms with E-state index in [9.17, 15) is 4.79 Å². The number of fused-ring (bicyclic) bond motifs is 2. The van der Waals surface area contributed by atoms with E-state index in [0.717, 1.165) is 44.2 Å². The number of alkyl halides is 3. The van der Waals surface area contributed by atoms with Gasteiger partial charge < -0.3 is 4.74 Å². The number of halogens is 3. The number of hydrogen-bond donors (Lipinski definition) is 1.